The molecule has 1 aliphatic heterocycles. The minimum Gasteiger partial charge on any atom is -0.481 e. The summed E-state index contributed by atoms with van der Waals surface area (Å²) in [5.41, 5.74) is 9.49. The van der Waals surface area contributed by atoms with Gasteiger partial charge in [0.25, 0.3) is 11.8 Å². The summed E-state index contributed by atoms with van der Waals surface area (Å²) in [7, 11) is 0. The molecule has 10 heteroatoms. The molecule has 4 rings (SSSR count). The summed E-state index contributed by atoms with van der Waals surface area (Å²) in [5, 5.41) is 21.0. The van der Waals surface area contributed by atoms with Gasteiger partial charge in [0.2, 0.25) is 0 Å². The summed E-state index contributed by atoms with van der Waals surface area (Å²) >= 11 is 0. The van der Waals surface area contributed by atoms with Gasteiger partial charge in [-0.15, -0.1) is 0 Å². The number of nitrogens with one attached hydrogen (secondary N) is 1. The summed E-state index contributed by atoms with van der Waals surface area (Å²) in [5.74, 6) is -1.56. The Morgan fingerprint density at radius 1 is 1.05 bits per heavy atom. The number of carboxylic acids is 1. The van der Waals surface area contributed by atoms with Crippen LogP contribution in [0.1, 0.15) is 50.7 Å². The number of hydrogen-bond acceptors (Lipinski definition) is 7. The molecule has 2 aromatic carbocycles. The number of anilines is 2. The predicted octanol–water partition coefficient (Wildman–Crippen LogP) is 2.83. The quantitative estimate of drug-likeness (QED) is 0.409. The van der Waals surface area contributed by atoms with Crippen molar-refractivity contribution in [2.24, 2.45) is 0 Å². The molecule has 1 fully saturated rings. The van der Waals surface area contributed by atoms with Crippen LogP contribution in [0.5, 0.6) is 0 Å². The molecule has 2 amide bonds. The average Bonchev–Trinajstić information content (AvgIpc) is 3.19. The highest BCUT2D eigenvalue weighted by molar-refractivity contribution is 5.97. The molecule has 0 radical (unpaired) electrons. The number of rotatable bonds is 7. The third kappa shape index (κ3) is 6.25. The molecule has 1 saturated heterocycles. The van der Waals surface area contributed by atoms with E-state index in [9.17, 15) is 19.5 Å². The first-order valence-electron chi connectivity index (χ1n) is 12.2. The summed E-state index contributed by atoms with van der Waals surface area (Å²) < 4.78 is 0. The Morgan fingerprint density at radius 2 is 1.82 bits per heavy atom. The lowest BCUT2D eigenvalue weighted by Gasteiger charge is -2.25. The number of nitrogen functional groups attached to an aromatic ring is 1. The smallest absolute Gasteiger partial charge is 0.305 e. The number of carbonyl (C=O) groups excluding carboxylic acids is 2. The van der Waals surface area contributed by atoms with E-state index in [2.05, 4.69) is 21.3 Å². The van der Waals surface area contributed by atoms with Crippen molar-refractivity contribution >= 4 is 29.2 Å². The Kier molecular flexibility index (Phi) is 8.18. The molecule has 0 saturated carbocycles. The van der Waals surface area contributed by atoms with Gasteiger partial charge in [0.1, 0.15) is 0 Å². The third-order valence-corrected chi connectivity index (χ3v) is 6.45. The number of nitrogens with zero attached hydrogens (tertiary/aromatic N) is 4. The summed E-state index contributed by atoms with van der Waals surface area (Å²) in [6.07, 6.45) is 3.57. The lowest BCUT2D eigenvalue weighted by atomic mass is 10.0. The van der Waals surface area contributed by atoms with Crippen molar-refractivity contribution < 1.29 is 19.5 Å². The van der Waals surface area contributed by atoms with Crippen molar-refractivity contribution in [3.63, 3.8) is 0 Å². The average molecular weight is 513 g/mol. The first-order valence-corrected chi connectivity index (χ1v) is 12.2. The molecule has 1 unspecified atom stereocenters. The molecule has 4 N–H and O–H groups in total. The lowest BCUT2D eigenvalue weighted by Crippen LogP contribution is -2.35. The van der Waals surface area contributed by atoms with Gasteiger partial charge in [-0.3, -0.25) is 19.4 Å². The Bertz CT molecular complexity index is 1350. The number of nitriles is 1. The molecule has 1 atom stereocenters. The predicted molar refractivity (Wildman–Crippen MR) is 141 cm³/mol. The molecule has 194 valence electrons. The fourth-order valence-electron chi connectivity index (χ4n) is 4.47. The van der Waals surface area contributed by atoms with Crippen LogP contribution in [0.15, 0.2) is 67.0 Å². The van der Waals surface area contributed by atoms with Crippen LogP contribution in [0.4, 0.5) is 11.4 Å². The highest BCUT2D eigenvalue weighted by atomic mass is 16.4. The largest absolute Gasteiger partial charge is 0.481 e. The van der Waals surface area contributed by atoms with Crippen LogP contribution < -0.4 is 16.0 Å². The standard InChI is InChI=1S/C28H28N6O4/c29-17-19-4-6-20(7-5-19)28(38)34-12-2-11-33(13-14-34)25-9-8-21(15-23(25)30)27(37)32-24(16-26(35)36)22-3-1-10-31-18-22/h1,3-10,15,18,24H,2,11-14,16,30H2,(H,32,37)(H,35,36). The number of pyridine rings is 1. The number of carbonyl (C=O) groups is 3. The van der Waals surface area contributed by atoms with Crippen molar-refractivity contribution in [2.75, 3.05) is 36.8 Å². The van der Waals surface area contributed by atoms with Crippen molar-refractivity contribution in [3.8, 4) is 6.07 Å². The van der Waals surface area contributed by atoms with E-state index in [1.807, 2.05) is 0 Å². The maximum Gasteiger partial charge on any atom is 0.305 e. The Hall–Kier alpha value is -4.91. The zero-order valence-electron chi connectivity index (χ0n) is 20.7. The van der Waals surface area contributed by atoms with E-state index in [1.165, 1.54) is 6.20 Å². The molecule has 3 aromatic rings. The van der Waals surface area contributed by atoms with Crippen molar-refractivity contribution in [1.82, 2.24) is 15.2 Å². The van der Waals surface area contributed by atoms with Gasteiger partial charge >= 0.3 is 5.97 Å². The second-order valence-electron chi connectivity index (χ2n) is 9.01. The van der Waals surface area contributed by atoms with E-state index >= 15 is 0 Å². The molecule has 0 spiro atoms. The van der Waals surface area contributed by atoms with Crippen LogP contribution in [-0.4, -0.2) is 59.0 Å². The molecule has 2 heterocycles. The molecule has 10 nitrogen and oxygen atoms in total. The Labute approximate surface area is 220 Å². The van der Waals surface area contributed by atoms with Crippen molar-refractivity contribution in [2.45, 2.75) is 18.9 Å². The number of nitrogens with two attached hydrogens (primary N) is 1. The SMILES string of the molecule is N#Cc1ccc(C(=O)N2CCCN(c3ccc(C(=O)NC(CC(=O)O)c4cccnc4)cc3N)CC2)cc1. The Morgan fingerprint density at radius 3 is 2.47 bits per heavy atom. The van der Waals surface area contributed by atoms with E-state index in [4.69, 9.17) is 11.0 Å². The van der Waals surface area contributed by atoms with Crippen molar-refractivity contribution in [3.05, 3.63) is 89.2 Å². The molecule has 0 aliphatic carbocycles. The minimum atomic E-state index is -1.04. The normalized spacial score (nSPS) is 14.2. The zero-order valence-corrected chi connectivity index (χ0v) is 20.7. The van der Waals surface area contributed by atoms with Crippen LogP contribution in [0, 0.1) is 11.3 Å². The summed E-state index contributed by atoms with van der Waals surface area (Å²) in [4.78, 5) is 45.1. The van der Waals surface area contributed by atoms with Gasteiger partial charge in [-0.05, 0) is 60.5 Å². The first-order chi connectivity index (χ1) is 18.4. The second kappa shape index (κ2) is 11.9. The minimum absolute atomic E-state index is 0.0825. The van der Waals surface area contributed by atoms with Crippen LogP contribution >= 0.6 is 0 Å². The number of benzene rings is 2. The summed E-state index contributed by atoms with van der Waals surface area (Å²) in [6.45, 7) is 2.35. The van der Waals surface area contributed by atoms with Crippen LogP contribution in [0.3, 0.4) is 0 Å². The van der Waals surface area contributed by atoms with Gasteiger partial charge in [-0.2, -0.15) is 5.26 Å². The second-order valence-corrected chi connectivity index (χ2v) is 9.01. The first kappa shape index (κ1) is 26.2. The fraction of sp³-hybridized carbons (Fsp3) is 0.250. The zero-order chi connectivity index (χ0) is 27.1. The summed E-state index contributed by atoms with van der Waals surface area (Å²) in [6, 6.07) is 16.3. The van der Waals surface area contributed by atoms with Gasteiger partial charge in [-0.25, -0.2) is 0 Å². The molecular formula is C28H28N6O4. The van der Waals surface area contributed by atoms with E-state index in [0.29, 0.717) is 54.1 Å². The van der Waals surface area contributed by atoms with Gasteiger partial charge in [0.15, 0.2) is 0 Å². The van der Waals surface area contributed by atoms with Gasteiger partial charge in [0.05, 0.1) is 35.5 Å². The lowest BCUT2D eigenvalue weighted by molar-refractivity contribution is -0.137. The monoisotopic (exact) mass is 512 g/mol. The number of carboxylic acid groups (broad SMARTS) is 1. The highest BCUT2D eigenvalue weighted by Gasteiger charge is 2.23. The molecule has 0 bridgehead atoms. The Balaban J connectivity index is 1.42. The molecule has 38 heavy (non-hydrogen) atoms. The van der Waals surface area contributed by atoms with Crippen LogP contribution in [0.25, 0.3) is 0 Å². The number of aromatic nitrogens is 1. The van der Waals surface area contributed by atoms with Crippen LogP contribution in [0.2, 0.25) is 0 Å². The van der Waals surface area contributed by atoms with E-state index < -0.39 is 17.9 Å². The maximum absolute atomic E-state index is 13.0. The maximum atomic E-state index is 13.0. The topological polar surface area (TPSA) is 153 Å². The highest BCUT2D eigenvalue weighted by Crippen LogP contribution is 2.27. The van der Waals surface area contributed by atoms with Crippen LogP contribution in [-0.2, 0) is 4.79 Å². The molecule has 1 aliphatic rings. The number of amides is 2. The van der Waals surface area contributed by atoms with Gasteiger partial charge in [-0.1, -0.05) is 6.07 Å². The van der Waals surface area contributed by atoms with Gasteiger partial charge in [0, 0.05) is 49.7 Å². The fourth-order valence-corrected chi connectivity index (χ4v) is 4.47. The van der Waals surface area contributed by atoms with E-state index in [1.54, 1.807) is 65.7 Å². The van der Waals surface area contributed by atoms with Gasteiger partial charge < -0.3 is 26.0 Å². The molecule has 1 aromatic heterocycles. The third-order valence-electron chi connectivity index (χ3n) is 6.45. The van der Waals surface area contributed by atoms with E-state index in [-0.39, 0.29) is 12.3 Å². The number of hydrogen-bond donors (Lipinski definition) is 3. The van der Waals surface area contributed by atoms with Crippen molar-refractivity contribution in [1.29, 1.82) is 5.26 Å². The molecular weight excluding hydrogens is 484 g/mol. The van der Waals surface area contributed by atoms with E-state index in [0.717, 1.165) is 12.1 Å². The number of aliphatic carboxylic acids is 1.